The van der Waals surface area contributed by atoms with Crippen LogP contribution in [0, 0.1) is 0 Å². The van der Waals surface area contributed by atoms with Gasteiger partial charge in [0.15, 0.2) is 5.79 Å². The number of ether oxygens (including phenoxy) is 3. The van der Waals surface area contributed by atoms with E-state index >= 15 is 0 Å². The normalized spacial score (nSPS) is 21.7. The quantitative estimate of drug-likeness (QED) is 0.330. The molecule has 1 aliphatic rings. The zero-order valence-electron chi connectivity index (χ0n) is 13.7. The van der Waals surface area contributed by atoms with Crippen molar-refractivity contribution in [1.29, 1.82) is 0 Å². The molecule has 1 unspecified atom stereocenters. The Kier molecular flexibility index (Phi) is 7.16. The fourth-order valence-corrected chi connectivity index (χ4v) is 2.72. The molecule has 1 fully saturated rings. The van der Waals surface area contributed by atoms with E-state index < -0.39 is 11.4 Å². The van der Waals surface area contributed by atoms with Gasteiger partial charge in [0, 0.05) is 39.9 Å². The van der Waals surface area contributed by atoms with Gasteiger partial charge < -0.3 is 19.0 Å². The van der Waals surface area contributed by atoms with Crippen LogP contribution in [0.25, 0.3) is 0 Å². The Bertz CT molecular complexity index is 401. The molecule has 1 rings (SSSR count). The van der Waals surface area contributed by atoms with E-state index in [9.17, 15) is 14.4 Å². The van der Waals surface area contributed by atoms with Crippen LogP contribution >= 0.6 is 0 Å². The maximum atomic E-state index is 12.0. The molecule has 0 aromatic heterocycles. The van der Waals surface area contributed by atoms with Crippen LogP contribution in [-0.2, 0) is 28.6 Å². The van der Waals surface area contributed by atoms with Gasteiger partial charge in [-0.3, -0.25) is 9.59 Å². The molecule has 1 atom stereocenters. The Morgan fingerprint density at radius 3 is 2.55 bits per heavy atom. The Hall–Kier alpha value is -1.27. The maximum absolute atomic E-state index is 12.0. The summed E-state index contributed by atoms with van der Waals surface area (Å²) in [5.41, 5.74) is -0.419. The van der Waals surface area contributed by atoms with Crippen LogP contribution in [0.15, 0.2) is 0 Å². The van der Waals surface area contributed by atoms with Crippen LogP contribution in [0.4, 0.5) is 0 Å². The third-order valence-corrected chi connectivity index (χ3v) is 4.30. The molecule has 0 spiro atoms. The lowest BCUT2D eigenvalue weighted by atomic mass is 9.94. The molecule has 0 aliphatic carbocycles. The number of cyclic esters (lactones) is 1. The molecule has 1 heterocycles. The van der Waals surface area contributed by atoms with Crippen molar-refractivity contribution >= 4 is 18.0 Å². The largest absolute Gasteiger partial charge is 0.459 e. The Morgan fingerprint density at radius 2 is 2.05 bits per heavy atom. The van der Waals surface area contributed by atoms with Crippen molar-refractivity contribution in [3.05, 3.63) is 0 Å². The van der Waals surface area contributed by atoms with E-state index in [4.69, 9.17) is 14.2 Å². The molecule has 126 valence electrons. The smallest absolute Gasteiger partial charge is 0.306 e. The molecule has 1 aliphatic heterocycles. The van der Waals surface area contributed by atoms with Crippen LogP contribution in [0.3, 0.4) is 0 Å². The first-order valence-corrected chi connectivity index (χ1v) is 7.66. The summed E-state index contributed by atoms with van der Waals surface area (Å²) in [7, 11) is 2.93. The molecule has 0 N–H and O–H groups in total. The van der Waals surface area contributed by atoms with Crippen molar-refractivity contribution in [2.45, 2.75) is 69.7 Å². The fourth-order valence-electron chi connectivity index (χ4n) is 2.72. The highest BCUT2D eigenvalue weighted by Crippen LogP contribution is 2.31. The number of esters is 1. The van der Waals surface area contributed by atoms with Crippen molar-refractivity contribution in [3.8, 4) is 0 Å². The van der Waals surface area contributed by atoms with Gasteiger partial charge in [-0.15, -0.1) is 0 Å². The van der Waals surface area contributed by atoms with Gasteiger partial charge in [-0.1, -0.05) is 0 Å². The highest BCUT2D eigenvalue weighted by molar-refractivity contribution is 5.78. The van der Waals surface area contributed by atoms with Crippen molar-refractivity contribution < 1.29 is 28.6 Å². The highest BCUT2D eigenvalue weighted by atomic mass is 16.7. The Labute approximate surface area is 131 Å². The van der Waals surface area contributed by atoms with Gasteiger partial charge in [-0.25, -0.2) is 0 Å². The van der Waals surface area contributed by atoms with E-state index in [-0.39, 0.29) is 18.2 Å². The second-order valence-corrected chi connectivity index (χ2v) is 6.01. The summed E-state index contributed by atoms with van der Waals surface area (Å²) in [6, 6.07) is 0. The molecule has 0 amide bonds. The SMILES string of the molecule is COC(CC=O)(CCC(=O)CCCC1(C)CCC(=O)O1)OC. The number of hydrogen-bond donors (Lipinski definition) is 0. The average molecular weight is 314 g/mol. The lowest BCUT2D eigenvalue weighted by Crippen LogP contribution is -2.35. The molecule has 0 aromatic carbocycles. The molecular weight excluding hydrogens is 288 g/mol. The molecule has 22 heavy (non-hydrogen) atoms. The first-order valence-electron chi connectivity index (χ1n) is 7.66. The number of Topliss-reactive ketones (excluding diaryl/α,β-unsaturated/α-hetero) is 1. The van der Waals surface area contributed by atoms with Gasteiger partial charge in [0.1, 0.15) is 17.7 Å². The summed E-state index contributed by atoms with van der Waals surface area (Å²) in [6.07, 6.45) is 4.46. The van der Waals surface area contributed by atoms with E-state index in [0.717, 1.165) is 12.7 Å². The van der Waals surface area contributed by atoms with Crippen molar-refractivity contribution in [2.75, 3.05) is 14.2 Å². The lowest BCUT2D eigenvalue weighted by Gasteiger charge is -2.28. The zero-order valence-corrected chi connectivity index (χ0v) is 13.7. The maximum Gasteiger partial charge on any atom is 0.306 e. The molecule has 6 nitrogen and oxygen atoms in total. The van der Waals surface area contributed by atoms with Gasteiger partial charge in [0.25, 0.3) is 0 Å². The van der Waals surface area contributed by atoms with Crippen LogP contribution in [0.1, 0.15) is 58.3 Å². The molecule has 0 radical (unpaired) electrons. The molecular formula is C16H26O6. The number of ketones is 1. The Morgan fingerprint density at radius 1 is 1.36 bits per heavy atom. The first kappa shape index (κ1) is 18.8. The minimum atomic E-state index is -1.01. The summed E-state index contributed by atoms with van der Waals surface area (Å²) in [6.45, 7) is 1.91. The predicted octanol–water partition coefficient (Wildman–Crippen LogP) is 2.18. The fraction of sp³-hybridized carbons (Fsp3) is 0.812. The van der Waals surface area contributed by atoms with E-state index in [1.807, 2.05) is 6.92 Å². The van der Waals surface area contributed by atoms with Gasteiger partial charge in [0.2, 0.25) is 0 Å². The molecule has 0 bridgehead atoms. The van der Waals surface area contributed by atoms with Crippen LogP contribution in [0.5, 0.6) is 0 Å². The molecule has 0 saturated carbocycles. The summed E-state index contributed by atoms with van der Waals surface area (Å²) >= 11 is 0. The van der Waals surface area contributed by atoms with E-state index in [0.29, 0.717) is 38.5 Å². The number of methoxy groups -OCH3 is 2. The highest BCUT2D eigenvalue weighted by Gasteiger charge is 2.35. The van der Waals surface area contributed by atoms with E-state index in [1.54, 1.807) is 0 Å². The van der Waals surface area contributed by atoms with E-state index in [2.05, 4.69) is 0 Å². The average Bonchev–Trinajstić information content (AvgIpc) is 2.83. The van der Waals surface area contributed by atoms with Gasteiger partial charge in [-0.05, 0) is 26.2 Å². The van der Waals surface area contributed by atoms with Crippen LogP contribution in [-0.4, -0.2) is 43.6 Å². The minimum Gasteiger partial charge on any atom is -0.459 e. The number of carbonyl (C=O) groups is 3. The standard InChI is InChI=1S/C16H26O6/c1-15(9-7-14(19)22-15)8-4-5-13(18)6-10-16(20-2,21-3)11-12-17/h12H,4-11H2,1-3H3. The van der Waals surface area contributed by atoms with E-state index in [1.165, 1.54) is 14.2 Å². The lowest BCUT2D eigenvalue weighted by molar-refractivity contribution is -0.211. The predicted molar refractivity (Wildman–Crippen MR) is 79.3 cm³/mol. The number of rotatable bonds is 11. The summed E-state index contributed by atoms with van der Waals surface area (Å²) < 4.78 is 15.7. The molecule has 1 saturated heterocycles. The second kappa shape index (κ2) is 8.39. The van der Waals surface area contributed by atoms with Crippen molar-refractivity contribution in [2.24, 2.45) is 0 Å². The minimum absolute atomic E-state index is 0.0947. The summed E-state index contributed by atoms with van der Waals surface area (Å²) in [5.74, 6) is -1.07. The van der Waals surface area contributed by atoms with Gasteiger partial charge >= 0.3 is 5.97 Å². The zero-order chi connectivity index (χ0) is 16.6. The van der Waals surface area contributed by atoms with Crippen LogP contribution < -0.4 is 0 Å². The van der Waals surface area contributed by atoms with Crippen molar-refractivity contribution in [1.82, 2.24) is 0 Å². The number of hydrogen-bond acceptors (Lipinski definition) is 6. The van der Waals surface area contributed by atoms with Crippen LogP contribution in [0.2, 0.25) is 0 Å². The van der Waals surface area contributed by atoms with Gasteiger partial charge in [-0.2, -0.15) is 0 Å². The van der Waals surface area contributed by atoms with Gasteiger partial charge in [0.05, 0.1) is 6.42 Å². The summed E-state index contributed by atoms with van der Waals surface area (Å²) in [4.78, 5) is 33.8. The first-order chi connectivity index (χ1) is 10.4. The third-order valence-electron chi connectivity index (χ3n) is 4.30. The van der Waals surface area contributed by atoms with Crippen molar-refractivity contribution in [3.63, 3.8) is 0 Å². The molecule has 0 aromatic rings. The second-order valence-electron chi connectivity index (χ2n) is 6.01. The summed E-state index contributed by atoms with van der Waals surface area (Å²) in [5, 5.41) is 0. The number of aldehydes is 1. The number of carbonyl (C=O) groups excluding carboxylic acids is 3. The Balaban J connectivity index is 2.31. The topological polar surface area (TPSA) is 78.9 Å². The monoisotopic (exact) mass is 314 g/mol. The third kappa shape index (κ3) is 5.50. The molecule has 6 heteroatoms.